The van der Waals surface area contributed by atoms with Crippen LogP contribution >= 0.6 is 11.3 Å². The summed E-state index contributed by atoms with van der Waals surface area (Å²) < 4.78 is 23.7. The van der Waals surface area contributed by atoms with Gasteiger partial charge in [-0.05, 0) is 57.0 Å². The summed E-state index contributed by atoms with van der Waals surface area (Å²) in [5.41, 5.74) is 0.528. The average Bonchev–Trinajstić information content (AvgIpc) is 3.14. The van der Waals surface area contributed by atoms with Gasteiger partial charge in [0, 0.05) is 22.5 Å². The Morgan fingerprint density at radius 2 is 1.89 bits per heavy atom. The fraction of sp³-hybridized carbons (Fsp3) is 0.421. The second kappa shape index (κ2) is 7.01. The number of carbonyl (C=O) groups is 1. The first-order valence-electron chi connectivity index (χ1n) is 9.11. The molecule has 2 unspecified atom stereocenters. The first kappa shape index (κ1) is 18.6. The second-order valence-corrected chi connectivity index (χ2v) is 9.93. The van der Waals surface area contributed by atoms with Crippen molar-refractivity contribution in [3.05, 3.63) is 41.3 Å². The molecule has 0 saturated carbocycles. The summed E-state index contributed by atoms with van der Waals surface area (Å²) in [5, 5.41) is 8.54. The lowest BCUT2D eigenvalue weighted by atomic mass is 9.79. The van der Waals surface area contributed by atoms with Gasteiger partial charge in [0.15, 0.2) is 0 Å². The number of hydrogen-bond acceptors (Lipinski definition) is 5. The molecule has 1 aromatic heterocycles. The molecule has 2 atom stereocenters. The van der Waals surface area contributed by atoms with Gasteiger partial charge in [-0.2, -0.15) is 0 Å². The van der Waals surface area contributed by atoms with Crippen LogP contribution in [0.25, 0.3) is 10.4 Å². The van der Waals surface area contributed by atoms with Crippen LogP contribution in [0.15, 0.2) is 41.3 Å². The molecule has 6 nitrogen and oxygen atoms in total. The first-order valence-corrected chi connectivity index (χ1v) is 11.5. The summed E-state index contributed by atoms with van der Waals surface area (Å²) in [5.74, 6) is 0.446. The fourth-order valence-electron chi connectivity index (χ4n) is 4.29. The summed E-state index contributed by atoms with van der Waals surface area (Å²) >= 11 is 1.29. The maximum Gasteiger partial charge on any atom is 0.261 e. The van der Waals surface area contributed by atoms with E-state index in [1.54, 1.807) is 30.3 Å². The summed E-state index contributed by atoms with van der Waals surface area (Å²) in [6, 6.07) is 10.6. The molecule has 3 aliphatic heterocycles. The third kappa shape index (κ3) is 3.54. The van der Waals surface area contributed by atoms with E-state index in [0.717, 1.165) is 25.9 Å². The number of primary sulfonamides is 1. The molecule has 1 aromatic carbocycles. The predicted octanol–water partition coefficient (Wildman–Crippen LogP) is 2.28. The summed E-state index contributed by atoms with van der Waals surface area (Å²) in [7, 11) is -3.83. The van der Waals surface area contributed by atoms with Crippen LogP contribution in [-0.4, -0.2) is 44.4 Å². The minimum Gasteiger partial charge on any atom is -0.347 e. The van der Waals surface area contributed by atoms with Crippen molar-refractivity contribution in [3.8, 4) is 10.4 Å². The molecule has 27 heavy (non-hydrogen) atoms. The smallest absolute Gasteiger partial charge is 0.261 e. The molecule has 0 aliphatic carbocycles. The van der Waals surface area contributed by atoms with E-state index in [-0.39, 0.29) is 16.8 Å². The minimum atomic E-state index is -3.83. The summed E-state index contributed by atoms with van der Waals surface area (Å²) in [6.07, 6.45) is 2.26. The SMILES string of the molecule is CC1C(NC(=O)c2ccc(-c3ccccc3S(N)(=O)=O)s2)C2CCN1CC2. The monoisotopic (exact) mass is 405 g/mol. The maximum atomic E-state index is 12.8. The van der Waals surface area contributed by atoms with Crippen molar-refractivity contribution >= 4 is 27.3 Å². The highest BCUT2D eigenvalue weighted by Crippen LogP contribution is 2.34. The van der Waals surface area contributed by atoms with Gasteiger partial charge >= 0.3 is 0 Å². The predicted molar refractivity (Wildman–Crippen MR) is 106 cm³/mol. The van der Waals surface area contributed by atoms with Gasteiger partial charge in [-0.25, -0.2) is 13.6 Å². The van der Waals surface area contributed by atoms with E-state index >= 15 is 0 Å². The summed E-state index contributed by atoms with van der Waals surface area (Å²) in [6.45, 7) is 4.41. The van der Waals surface area contributed by atoms with Crippen LogP contribution in [0.1, 0.15) is 29.4 Å². The van der Waals surface area contributed by atoms with E-state index in [9.17, 15) is 13.2 Å². The van der Waals surface area contributed by atoms with Gasteiger partial charge in [0.1, 0.15) is 0 Å². The molecule has 1 amide bonds. The zero-order valence-corrected chi connectivity index (χ0v) is 16.7. The lowest BCUT2D eigenvalue weighted by Crippen LogP contribution is -2.62. The van der Waals surface area contributed by atoms with Gasteiger partial charge in [0.2, 0.25) is 10.0 Å². The van der Waals surface area contributed by atoms with Crippen LogP contribution in [-0.2, 0) is 10.0 Å². The van der Waals surface area contributed by atoms with E-state index in [0.29, 0.717) is 27.3 Å². The number of sulfonamides is 1. The lowest BCUT2D eigenvalue weighted by molar-refractivity contribution is 0.0218. The first-order chi connectivity index (χ1) is 12.8. The fourth-order valence-corrected chi connectivity index (χ4v) is 6.06. The lowest BCUT2D eigenvalue weighted by Gasteiger charge is -2.49. The van der Waals surface area contributed by atoms with E-state index in [1.165, 1.54) is 17.4 Å². The van der Waals surface area contributed by atoms with E-state index in [1.807, 2.05) is 0 Å². The van der Waals surface area contributed by atoms with Gasteiger partial charge < -0.3 is 5.32 Å². The number of nitrogens with zero attached hydrogens (tertiary/aromatic N) is 1. The zero-order valence-electron chi connectivity index (χ0n) is 15.1. The molecule has 0 radical (unpaired) electrons. The number of benzene rings is 1. The molecule has 3 aliphatic rings. The van der Waals surface area contributed by atoms with Crippen molar-refractivity contribution in [3.63, 3.8) is 0 Å². The highest BCUT2D eigenvalue weighted by Gasteiger charge is 2.40. The van der Waals surface area contributed by atoms with Crippen LogP contribution in [0.3, 0.4) is 0 Å². The quantitative estimate of drug-likeness (QED) is 0.816. The van der Waals surface area contributed by atoms with Crippen molar-refractivity contribution < 1.29 is 13.2 Å². The molecule has 2 bridgehead atoms. The minimum absolute atomic E-state index is 0.0739. The van der Waals surface area contributed by atoms with Gasteiger partial charge in [-0.3, -0.25) is 9.69 Å². The van der Waals surface area contributed by atoms with Crippen molar-refractivity contribution in [1.29, 1.82) is 0 Å². The molecular weight excluding hydrogens is 382 g/mol. The molecule has 3 saturated heterocycles. The topological polar surface area (TPSA) is 92.5 Å². The van der Waals surface area contributed by atoms with Crippen LogP contribution in [0.4, 0.5) is 0 Å². The Morgan fingerprint density at radius 1 is 1.19 bits per heavy atom. The van der Waals surface area contributed by atoms with E-state index in [2.05, 4.69) is 17.1 Å². The van der Waals surface area contributed by atoms with Crippen molar-refractivity contribution in [2.24, 2.45) is 11.1 Å². The number of thiophene rings is 1. The number of carbonyl (C=O) groups excluding carboxylic acids is 1. The largest absolute Gasteiger partial charge is 0.347 e. The third-order valence-electron chi connectivity index (χ3n) is 5.76. The normalized spacial score (nSPS) is 27.5. The van der Waals surface area contributed by atoms with Crippen molar-refractivity contribution in [2.45, 2.75) is 36.7 Å². The molecule has 0 spiro atoms. The molecule has 8 heteroatoms. The molecule has 3 N–H and O–H groups in total. The Bertz CT molecular complexity index is 960. The number of rotatable bonds is 4. The average molecular weight is 406 g/mol. The van der Waals surface area contributed by atoms with Gasteiger partial charge in [0.25, 0.3) is 5.91 Å². The Hall–Kier alpha value is -1.74. The van der Waals surface area contributed by atoms with Crippen LogP contribution in [0.2, 0.25) is 0 Å². The number of nitrogens with one attached hydrogen (secondary N) is 1. The number of amides is 1. The van der Waals surface area contributed by atoms with Crippen LogP contribution < -0.4 is 10.5 Å². The van der Waals surface area contributed by atoms with Gasteiger partial charge in [-0.15, -0.1) is 11.3 Å². The van der Waals surface area contributed by atoms with E-state index < -0.39 is 10.0 Å². The molecule has 144 valence electrons. The van der Waals surface area contributed by atoms with E-state index in [4.69, 9.17) is 5.14 Å². The van der Waals surface area contributed by atoms with Gasteiger partial charge in [-0.1, -0.05) is 18.2 Å². The Morgan fingerprint density at radius 3 is 2.56 bits per heavy atom. The Kier molecular flexibility index (Phi) is 4.84. The molecular formula is C19H23N3O3S2. The number of fused-ring (bicyclic) bond motifs is 3. The molecule has 4 heterocycles. The van der Waals surface area contributed by atoms with Crippen LogP contribution in [0, 0.1) is 5.92 Å². The number of piperidine rings is 3. The molecule has 5 rings (SSSR count). The van der Waals surface area contributed by atoms with Gasteiger partial charge in [0.05, 0.1) is 9.77 Å². The van der Waals surface area contributed by atoms with Crippen molar-refractivity contribution in [2.75, 3.05) is 13.1 Å². The zero-order chi connectivity index (χ0) is 19.2. The summed E-state index contributed by atoms with van der Waals surface area (Å²) in [4.78, 5) is 16.6. The Labute approximate surface area is 163 Å². The van der Waals surface area contributed by atoms with Crippen molar-refractivity contribution in [1.82, 2.24) is 10.2 Å². The standard InChI is InChI=1S/C19H23N3O3S2/c1-12-18(13-8-10-22(12)11-9-13)21-19(23)16-7-6-15(26-16)14-4-2-3-5-17(14)27(20,24)25/h2-7,12-13,18H,8-11H2,1H3,(H,21,23)(H2,20,24,25). The highest BCUT2D eigenvalue weighted by molar-refractivity contribution is 7.89. The number of nitrogens with two attached hydrogens (primary N) is 1. The Balaban J connectivity index is 1.56. The highest BCUT2D eigenvalue weighted by atomic mass is 32.2. The molecule has 2 aromatic rings. The third-order valence-corrected chi connectivity index (χ3v) is 7.85. The van der Waals surface area contributed by atoms with Crippen LogP contribution in [0.5, 0.6) is 0 Å². The second-order valence-electron chi connectivity index (χ2n) is 7.32. The molecule has 3 fully saturated rings. The number of hydrogen-bond donors (Lipinski definition) is 2. The maximum absolute atomic E-state index is 12.8.